The fourth-order valence-electron chi connectivity index (χ4n) is 3.06. The van der Waals surface area contributed by atoms with E-state index < -0.39 is 0 Å². The standard InChI is InChI=1S/C18H19N5O/c24-18(9-14-5-1-2-6-14)21-15-10-19-23(12-15)13-16-11-22-8-4-3-7-17(22)20-16/h1,3-5,7-8,10-12,14H,2,6,9,13H2,(H,21,24)/t14-/m0/s1. The van der Waals surface area contributed by atoms with E-state index in [0.717, 1.165) is 29.9 Å². The van der Waals surface area contributed by atoms with Crippen molar-refractivity contribution < 1.29 is 4.79 Å². The third-order valence-corrected chi connectivity index (χ3v) is 4.21. The summed E-state index contributed by atoms with van der Waals surface area (Å²) in [6.07, 6.45) is 14.4. The van der Waals surface area contributed by atoms with Gasteiger partial charge in [-0.1, -0.05) is 18.2 Å². The molecular weight excluding hydrogens is 302 g/mol. The van der Waals surface area contributed by atoms with E-state index in [9.17, 15) is 4.79 Å². The average molecular weight is 321 g/mol. The Morgan fingerprint density at radius 3 is 3.12 bits per heavy atom. The molecule has 0 aromatic carbocycles. The Morgan fingerprint density at radius 1 is 1.33 bits per heavy atom. The number of aromatic nitrogens is 4. The number of anilines is 1. The minimum atomic E-state index is 0.0406. The molecule has 0 unspecified atom stereocenters. The van der Waals surface area contributed by atoms with Crippen LogP contribution in [0.1, 0.15) is 25.0 Å². The molecule has 0 radical (unpaired) electrons. The fourth-order valence-corrected chi connectivity index (χ4v) is 3.06. The third-order valence-electron chi connectivity index (χ3n) is 4.21. The monoisotopic (exact) mass is 321 g/mol. The summed E-state index contributed by atoms with van der Waals surface area (Å²) in [5, 5.41) is 7.23. The number of fused-ring (bicyclic) bond motifs is 1. The van der Waals surface area contributed by atoms with E-state index >= 15 is 0 Å². The first-order valence-electron chi connectivity index (χ1n) is 8.18. The second-order valence-corrected chi connectivity index (χ2v) is 6.14. The van der Waals surface area contributed by atoms with Gasteiger partial charge in [0.15, 0.2) is 0 Å². The second kappa shape index (κ2) is 6.31. The molecule has 0 aliphatic heterocycles. The Kier molecular flexibility index (Phi) is 3.86. The average Bonchev–Trinajstić information content (AvgIpc) is 3.28. The third kappa shape index (κ3) is 3.22. The normalized spacial score (nSPS) is 16.8. The molecule has 0 fully saturated rings. The lowest BCUT2D eigenvalue weighted by molar-refractivity contribution is -0.116. The molecular formula is C18H19N5O. The number of imidazole rings is 1. The van der Waals surface area contributed by atoms with E-state index in [1.54, 1.807) is 10.9 Å². The molecule has 0 bridgehead atoms. The first kappa shape index (κ1) is 14.7. The molecule has 3 aromatic rings. The van der Waals surface area contributed by atoms with Gasteiger partial charge < -0.3 is 9.72 Å². The summed E-state index contributed by atoms with van der Waals surface area (Å²) in [6, 6.07) is 5.91. The summed E-state index contributed by atoms with van der Waals surface area (Å²) < 4.78 is 3.77. The molecule has 1 aliphatic rings. The molecule has 3 heterocycles. The first-order chi connectivity index (χ1) is 11.8. The second-order valence-electron chi connectivity index (χ2n) is 6.14. The molecule has 0 spiro atoms. The molecule has 6 nitrogen and oxygen atoms in total. The molecule has 1 atom stereocenters. The van der Waals surface area contributed by atoms with Gasteiger partial charge in [-0.15, -0.1) is 0 Å². The minimum Gasteiger partial charge on any atom is -0.323 e. The number of allylic oxidation sites excluding steroid dienone is 2. The number of amides is 1. The largest absolute Gasteiger partial charge is 0.323 e. The number of nitrogens with zero attached hydrogens (tertiary/aromatic N) is 4. The van der Waals surface area contributed by atoms with E-state index in [4.69, 9.17) is 0 Å². The molecule has 6 heteroatoms. The van der Waals surface area contributed by atoms with Crippen LogP contribution in [-0.4, -0.2) is 25.1 Å². The summed E-state index contributed by atoms with van der Waals surface area (Å²) in [4.78, 5) is 16.6. The van der Waals surface area contributed by atoms with Gasteiger partial charge in [0, 0.05) is 25.0 Å². The summed E-state index contributed by atoms with van der Waals surface area (Å²) >= 11 is 0. The van der Waals surface area contributed by atoms with Gasteiger partial charge in [0.05, 0.1) is 24.1 Å². The summed E-state index contributed by atoms with van der Waals surface area (Å²) in [5.74, 6) is 0.414. The highest BCUT2D eigenvalue weighted by Gasteiger charge is 2.14. The van der Waals surface area contributed by atoms with Crippen LogP contribution >= 0.6 is 0 Å². The van der Waals surface area contributed by atoms with Crippen LogP contribution < -0.4 is 5.32 Å². The predicted molar refractivity (Wildman–Crippen MR) is 91.6 cm³/mol. The van der Waals surface area contributed by atoms with Crippen molar-refractivity contribution in [1.29, 1.82) is 0 Å². The Bertz CT molecular complexity index is 859. The summed E-state index contributed by atoms with van der Waals surface area (Å²) in [5.41, 5.74) is 2.57. The molecule has 0 saturated heterocycles. The number of nitrogens with one attached hydrogen (secondary N) is 1. The highest BCUT2D eigenvalue weighted by Crippen LogP contribution is 2.21. The number of rotatable bonds is 5. The van der Waals surface area contributed by atoms with Crippen molar-refractivity contribution >= 4 is 17.2 Å². The van der Waals surface area contributed by atoms with Gasteiger partial charge in [0.1, 0.15) is 5.65 Å². The van der Waals surface area contributed by atoms with Crippen LogP contribution in [0.5, 0.6) is 0 Å². The number of hydrogen-bond donors (Lipinski definition) is 1. The summed E-state index contributed by atoms with van der Waals surface area (Å²) in [6.45, 7) is 0.572. The van der Waals surface area contributed by atoms with Crippen molar-refractivity contribution in [3.63, 3.8) is 0 Å². The maximum absolute atomic E-state index is 12.1. The van der Waals surface area contributed by atoms with Gasteiger partial charge >= 0.3 is 0 Å². The smallest absolute Gasteiger partial charge is 0.225 e. The lowest BCUT2D eigenvalue weighted by Gasteiger charge is -2.06. The molecule has 4 rings (SSSR count). The quantitative estimate of drug-likeness (QED) is 0.735. The molecule has 1 amide bonds. The first-order valence-corrected chi connectivity index (χ1v) is 8.18. The SMILES string of the molecule is O=C(C[C@H]1C=CCC1)Nc1cnn(Cc2cn3ccccc3n2)c1. The number of carbonyl (C=O) groups excluding carboxylic acids is 1. The van der Waals surface area contributed by atoms with Crippen LogP contribution in [0.4, 0.5) is 5.69 Å². The lowest BCUT2D eigenvalue weighted by Crippen LogP contribution is -2.14. The van der Waals surface area contributed by atoms with Crippen LogP contribution in [0.2, 0.25) is 0 Å². The van der Waals surface area contributed by atoms with Gasteiger partial charge in [0.25, 0.3) is 0 Å². The Hall–Kier alpha value is -2.89. The van der Waals surface area contributed by atoms with E-state index in [2.05, 4.69) is 27.6 Å². The van der Waals surface area contributed by atoms with E-state index in [1.165, 1.54) is 0 Å². The Balaban J connectivity index is 1.39. The minimum absolute atomic E-state index is 0.0406. The van der Waals surface area contributed by atoms with Crippen molar-refractivity contribution in [2.24, 2.45) is 5.92 Å². The van der Waals surface area contributed by atoms with E-state index in [-0.39, 0.29) is 5.91 Å². The van der Waals surface area contributed by atoms with Gasteiger partial charge in [-0.25, -0.2) is 4.98 Å². The maximum Gasteiger partial charge on any atom is 0.225 e. The van der Waals surface area contributed by atoms with Gasteiger partial charge in [-0.05, 0) is 30.9 Å². The van der Waals surface area contributed by atoms with Crippen LogP contribution in [-0.2, 0) is 11.3 Å². The number of hydrogen-bond acceptors (Lipinski definition) is 3. The maximum atomic E-state index is 12.1. The Morgan fingerprint density at radius 2 is 2.29 bits per heavy atom. The summed E-state index contributed by atoms with van der Waals surface area (Å²) in [7, 11) is 0. The topological polar surface area (TPSA) is 64.2 Å². The van der Waals surface area contributed by atoms with Gasteiger partial charge in [-0.2, -0.15) is 5.10 Å². The molecule has 3 aromatic heterocycles. The lowest BCUT2D eigenvalue weighted by atomic mass is 10.1. The molecule has 1 aliphatic carbocycles. The Labute approximate surface area is 139 Å². The number of carbonyl (C=O) groups is 1. The molecule has 0 saturated carbocycles. The van der Waals surface area contributed by atoms with Crippen molar-refractivity contribution in [2.45, 2.75) is 25.8 Å². The van der Waals surface area contributed by atoms with Gasteiger partial charge in [-0.3, -0.25) is 9.48 Å². The van der Waals surface area contributed by atoms with Crippen LogP contribution in [0.15, 0.2) is 55.1 Å². The van der Waals surface area contributed by atoms with Crippen molar-refractivity contribution in [3.8, 4) is 0 Å². The van der Waals surface area contributed by atoms with E-state index in [1.807, 2.05) is 41.2 Å². The highest BCUT2D eigenvalue weighted by atomic mass is 16.1. The zero-order chi connectivity index (χ0) is 16.4. The van der Waals surface area contributed by atoms with Crippen molar-refractivity contribution in [1.82, 2.24) is 19.2 Å². The van der Waals surface area contributed by atoms with Crippen LogP contribution in [0.25, 0.3) is 5.65 Å². The molecule has 122 valence electrons. The highest BCUT2D eigenvalue weighted by molar-refractivity contribution is 5.90. The van der Waals surface area contributed by atoms with E-state index in [0.29, 0.717) is 18.9 Å². The number of pyridine rings is 1. The van der Waals surface area contributed by atoms with Crippen LogP contribution in [0, 0.1) is 5.92 Å². The fraction of sp³-hybridized carbons (Fsp3) is 0.278. The predicted octanol–water partition coefficient (Wildman–Crippen LogP) is 2.87. The molecule has 1 N–H and O–H groups in total. The van der Waals surface area contributed by atoms with Crippen molar-refractivity contribution in [2.75, 3.05) is 5.32 Å². The zero-order valence-corrected chi connectivity index (χ0v) is 13.3. The zero-order valence-electron chi connectivity index (χ0n) is 13.3. The van der Waals surface area contributed by atoms with Crippen molar-refractivity contribution in [3.05, 3.63) is 60.8 Å². The molecule has 24 heavy (non-hydrogen) atoms. The van der Waals surface area contributed by atoms with Gasteiger partial charge in [0.2, 0.25) is 5.91 Å². The van der Waals surface area contributed by atoms with Crippen LogP contribution in [0.3, 0.4) is 0 Å².